The standard InChI is InChI=1S/C17H25NO4/c1-4-22-12-14-8-6-5-7-13(14)11-18-15(19)9-17(2,3)10-16(20)21/h5-8H,4,9-12H2,1-3H3,(H,18,19)(H,20,21). The summed E-state index contributed by atoms with van der Waals surface area (Å²) in [5.41, 5.74) is 1.51. The van der Waals surface area contributed by atoms with Crippen LogP contribution in [0.5, 0.6) is 0 Å². The first-order chi connectivity index (χ1) is 10.3. The molecule has 0 radical (unpaired) electrons. The van der Waals surface area contributed by atoms with Gasteiger partial charge in [-0.05, 0) is 23.5 Å². The van der Waals surface area contributed by atoms with Crippen molar-refractivity contribution in [3.63, 3.8) is 0 Å². The fraction of sp³-hybridized carbons (Fsp3) is 0.529. The quantitative estimate of drug-likeness (QED) is 0.735. The zero-order valence-electron chi connectivity index (χ0n) is 13.5. The molecule has 22 heavy (non-hydrogen) atoms. The molecule has 2 N–H and O–H groups in total. The molecule has 5 heteroatoms. The highest BCUT2D eigenvalue weighted by atomic mass is 16.5. The third-order valence-corrected chi connectivity index (χ3v) is 3.32. The summed E-state index contributed by atoms with van der Waals surface area (Å²) < 4.78 is 5.41. The van der Waals surface area contributed by atoms with Crippen LogP contribution in [0.15, 0.2) is 24.3 Å². The molecule has 122 valence electrons. The highest BCUT2D eigenvalue weighted by molar-refractivity contribution is 5.77. The Hall–Kier alpha value is -1.88. The van der Waals surface area contributed by atoms with E-state index in [1.165, 1.54) is 0 Å². The first-order valence-electron chi connectivity index (χ1n) is 7.47. The van der Waals surface area contributed by atoms with E-state index in [1.54, 1.807) is 13.8 Å². The van der Waals surface area contributed by atoms with Crippen LogP contribution in [0.25, 0.3) is 0 Å². The maximum atomic E-state index is 12.0. The maximum absolute atomic E-state index is 12.0. The van der Waals surface area contributed by atoms with Crippen LogP contribution < -0.4 is 5.32 Å². The van der Waals surface area contributed by atoms with E-state index in [1.807, 2.05) is 31.2 Å². The lowest BCUT2D eigenvalue weighted by molar-refractivity contribution is -0.139. The van der Waals surface area contributed by atoms with Crippen LogP contribution in [0.4, 0.5) is 0 Å². The minimum atomic E-state index is -0.889. The molecule has 1 aromatic carbocycles. The average Bonchev–Trinajstić information content (AvgIpc) is 2.41. The van der Waals surface area contributed by atoms with Gasteiger partial charge in [-0.25, -0.2) is 0 Å². The van der Waals surface area contributed by atoms with Crippen LogP contribution in [0.1, 0.15) is 44.7 Å². The van der Waals surface area contributed by atoms with Gasteiger partial charge in [0, 0.05) is 19.6 Å². The van der Waals surface area contributed by atoms with E-state index in [-0.39, 0.29) is 18.7 Å². The lowest BCUT2D eigenvalue weighted by atomic mass is 9.85. The smallest absolute Gasteiger partial charge is 0.303 e. The molecule has 0 fully saturated rings. The van der Waals surface area contributed by atoms with Crippen LogP contribution in [-0.2, 0) is 27.5 Å². The summed E-state index contributed by atoms with van der Waals surface area (Å²) in [7, 11) is 0. The molecule has 0 aliphatic carbocycles. The van der Waals surface area contributed by atoms with E-state index in [0.717, 1.165) is 11.1 Å². The molecular formula is C17H25NO4. The minimum Gasteiger partial charge on any atom is -0.481 e. The predicted octanol–water partition coefficient (Wildman–Crippen LogP) is 2.73. The van der Waals surface area contributed by atoms with E-state index in [2.05, 4.69) is 5.32 Å². The Morgan fingerprint density at radius 1 is 1.18 bits per heavy atom. The van der Waals surface area contributed by atoms with Crippen molar-refractivity contribution < 1.29 is 19.4 Å². The van der Waals surface area contributed by atoms with Gasteiger partial charge in [0.25, 0.3) is 0 Å². The Kier molecular flexibility index (Phi) is 7.05. The molecule has 1 amide bonds. The third-order valence-electron chi connectivity index (χ3n) is 3.32. The zero-order chi connectivity index (χ0) is 16.6. The number of carbonyl (C=O) groups excluding carboxylic acids is 1. The molecule has 1 rings (SSSR count). The second-order valence-corrected chi connectivity index (χ2v) is 6.09. The van der Waals surface area contributed by atoms with Gasteiger partial charge >= 0.3 is 5.97 Å². The third kappa shape index (κ3) is 6.72. The van der Waals surface area contributed by atoms with E-state index >= 15 is 0 Å². The summed E-state index contributed by atoms with van der Waals surface area (Å²) in [5, 5.41) is 11.7. The van der Waals surface area contributed by atoms with Gasteiger partial charge in [-0.1, -0.05) is 38.1 Å². The van der Waals surface area contributed by atoms with Crippen LogP contribution in [0, 0.1) is 5.41 Å². The largest absolute Gasteiger partial charge is 0.481 e. The lowest BCUT2D eigenvalue weighted by Crippen LogP contribution is -2.30. The first-order valence-corrected chi connectivity index (χ1v) is 7.47. The Balaban J connectivity index is 2.55. The van der Waals surface area contributed by atoms with E-state index < -0.39 is 11.4 Å². The molecule has 0 aromatic heterocycles. The number of hydrogen-bond acceptors (Lipinski definition) is 3. The van der Waals surface area contributed by atoms with Gasteiger partial charge in [-0.2, -0.15) is 0 Å². The molecular weight excluding hydrogens is 282 g/mol. The van der Waals surface area contributed by atoms with Crippen molar-refractivity contribution in [3.8, 4) is 0 Å². The van der Waals surface area contributed by atoms with Crippen molar-refractivity contribution in [2.45, 2.75) is 46.8 Å². The van der Waals surface area contributed by atoms with Gasteiger partial charge in [0.1, 0.15) is 0 Å². The van der Waals surface area contributed by atoms with E-state index in [4.69, 9.17) is 9.84 Å². The number of aliphatic carboxylic acids is 1. The second kappa shape index (κ2) is 8.54. The summed E-state index contributed by atoms with van der Waals surface area (Å²) in [6.07, 6.45) is 0.161. The SMILES string of the molecule is CCOCc1ccccc1CNC(=O)CC(C)(C)CC(=O)O. The van der Waals surface area contributed by atoms with Crippen LogP contribution in [0.2, 0.25) is 0 Å². The molecule has 0 heterocycles. The van der Waals surface area contributed by atoms with E-state index in [9.17, 15) is 9.59 Å². The Labute approximate surface area is 131 Å². The number of hydrogen-bond donors (Lipinski definition) is 2. The molecule has 0 aliphatic rings. The number of carboxylic acids is 1. The minimum absolute atomic E-state index is 0.0264. The summed E-state index contributed by atoms with van der Waals surface area (Å²) >= 11 is 0. The molecule has 0 unspecified atom stereocenters. The van der Waals surface area contributed by atoms with Gasteiger partial charge in [0.05, 0.1) is 13.0 Å². The van der Waals surface area contributed by atoms with Crippen molar-refractivity contribution in [1.29, 1.82) is 0 Å². The second-order valence-electron chi connectivity index (χ2n) is 6.09. The van der Waals surface area contributed by atoms with Crippen molar-refractivity contribution in [2.75, 3.05) is 6.61 Å². The highest BCUT2D eigenvalue weighted by Crippen LogP contribution is 2.24. The molecule has 0 aliphatic heterocycles. The molecule has 0 saturated carbocycles. The summed E-state index contributed by atoms with van der Waals surface area (Å²) in [6, 6.07) is 7.80. The van der Waals surface area contributed by atoms with Gasteiger partial charge in [0.15, 0.2) is 0 Å². The van der Waals surface area contributed by atoms with Gasteiger partial charge in [-0.15, -0.1) is 0 Å². The number of carbonyl (C=O) groups is 2. The average molecular weight is 307 g/mol. The molecule has 5 nitrogen and oxygen atoms in total. The van der Waals surface area contributed by atoms with Gasteiger partial charge in [-0.3, -0.25) is 9.59 Å². The Bertz CT molecular complexity index is 511. The van der Waals surface area contributed by atoms with Crippen molar-refractivity contribution in [3.05, 3.63) is 35.4 Å². The zero-order valence-corrected chi connectivity index (χ0v) is 13.5. The Morgan fingerprint density at radius 2 is 1.82 bits per heavy atom. The van der Waals surface area contributed by atoms with Gasteiger partial charge in [0.2, 0.25) is 5.91 Å². The summed E-state index contributed by atoms with van der Waals surface area (Å²) in [5.74, 6) is -1.03. The topological polar surface area (TPSA) is 75.6 Å². The maximum Gasteiger partial charge on any atom is 0.303 e. The number of ether oxygens (including phenoxy) is 1. The highest BCUT2D eigenvalue weighted by Gasteiger charge is 2.25. The first kappa shape index (κ1) is 18.2. The molecule has 0 spiro atoms. The van der Waals surface area contributed by atoms with E-state index in [0.29, 0.717) is 19.8 Å². The number of carboxylic acid groups (broad SMARTS) is 1. The molecule has 0 atom stereocenters. The fourth-order valence-corrected chi connectivity index (χ4v) is 2.25. The molecule has 0 bridgehead atoms. The van der Waals surface area contributed by atoms with Crippen LogP contribution in [-0.4, -0.2) is 23.6 Å². The van der Waals surface area contributed by atoms with Crippen molar-refractivity contribution in [2.24, 2.45) is 5.41 Å². The number of benzene rings is 1. The van der Waals surface area contributed by atoms with Gasteiger partial charge < -0.3 is 15.2 Å². The predicted molar refractivity (Wildman–Crippen MR) is 84.3 cm³/mol. The Morgan fingerprint density at radius 3 is 2.41 bits per heavy atom. The molecule has 1 aromatic rings. The lowest BCUT2D eigenvalue weighted by Gasteiger charge is -2.21. The van der Waals surface area contributed by atoms with Crippen LogP contribution in [0.3, 0.4) is 0 Å². The van der Waals surface area contributed by atoms with Crippen molar-refractivity contribution in [1.82, 2.24) is 5.32 Å². The summed E-state index contributed by atoms with van der Waals surface area (Å²) in [4.78, 5) is 22.8. The monoisotopic (exact) mass is 307 g/mol. The normalized spacial score (nSPS) is 11.2. The number of amides is 1. The molecule has 0 saturated heterocycles. The van der Waals surface area contributed by atoms with Crippen molar-refractivity contribution >= 4 is 11.9 Å². The fourth-order valence-electron chi connectivity index (χ4n) is 2.25. The number of rotatable bonds is 9. The van der Waals surface area contributed by atoms with Crippen LogP contribution >= 0.6 is 0 Å². The summed E-state index contributed by atoms with van der Waals surface area (Å²) in [6.45, 7) is 7.09. The number of nitrogens with one attached hydrogen (secondary N) is 1.